The monoisotopic (exact) mass is 355 g/mol. The fraction of sp³-hybridized carbons (Fsp3) is 0.214. The predicted octanol–water partition coefficient (Wildman–Crippen LogP) is 4.61. The van der Waals surface area contributed by atoms with Gasteiger partial charge in [-0.3, -0.25) is 0 Å². The van der Waals surface area contributed by atoms with Crippen LogP contribution in [0.2, 0.25) is 5.02 Å². The molecular weight excluding hydrogens is 342 g/mol. The first-order valence-corrected chi connectivity index (χ1v) is 7.28. The fourth-order valence-electron chi connectivity index (χ4n) is 1.56. The summed E-state index contributed by atoms with van der Waals surface area (Å²) in [6.45, 7) is 3.86. The molecule has 0 spiro atoms. The molecule has 1 heterocycles. The number of nitrogen functional groups attached to an aromatic ring is 1. The van der Waals surface area contributed by atoms with Gasteiger partial charge in [-0.2, -0.15) is 4.98 Å². The van der Waals surface area contributed by atoms with Crippen LogP contribution in [0, 0.1) is 0 Å². The standard InChI is InChI=1S/C14H15BrClN3O/c1-8(2)20-14-12(17)5-6-13(19-14)18-9-3-4-11(16)10(15)7-9/h3-8H,17H2,1-2H3,(H,18,19). The van der Waals surface area contributed by atoms with E-state index in [4.69, 9.17) is 22.1 Å². The van der Waals surface area contributed by atoms with Crippen molar-refractivity contribution >= 4 is 44.7 Å². The second-order valence-corrected chi connectivity index (χ2v) is 5.77. The molecule has 0 fully saturated rings. The van der Waals surface area contributed by atoms with Crippen LogP contribution in [0.1, 0.15) is 13.8 Å². The Morgan fingerprint density at radius 1 is 1.30 bits per heavy atom. The van der Waals surface area contributed by atoms with Gasteiger partial charge in [0, 0.05) is 10.2 Å². The zero-order valence-corrected chi connectivity index (χ0v) is 13.5. The first-order valence-electron chi connectivity index (χ1n) is 6.11. The average Bonchev–Trinajstić information content (AvgIpc) is 2.37. The smallest absolute Gasteiger partial charge is 0.239 e. The van der Waals surface area contributed by atoms with Crippen LogP contribution in [0.25, 0.3) is 0 Å². The molecule has 0 amide bonds. The number of hydrogen-bond donors (Lipinski definition) is 2. The molecule has 0 aliphatic carbocycles. The van der Waals surface area contributed by atoms with Gasteiger partial charge >= 0.3 is 0 Å². The van der Waals surface area contributed by atoms with Crippen LogP contribution < -0.4 is 15.8 Å². The largest absolute Gasteiger partial charge is 0.473 e. The van der Waals surface area contributed by atoms with Gasteiger partial charge in [0.25, 0.3) is 0 Å². The van der Waals surface area contributed by atoms with Crippen LogP contribution in [-0.2, 0) is 0 Å². The quantitative estimate of drug-likeness (QED) is 0.840. The number of benzene rings is 1. The number of aromatic nitrogens is 1. The molecule has 0 aliphatic heterocycles. The van der Waals surface area contributed by atoms with Gasteiger partial charge in [-0.15, -0.1) is 0 Å². The van der Waals surface area contributed by atoms with E-state index in [0.717, 1.165) is 10.2 Å². The summed E-state index contributed by atoms with van der Waals surface area (Å²) in [6.07, 6.45) is 0.0183. The van der Waals surface area contributed by atoms with Crippen molar-refractivity contribution in [3.05, 3.63) is 39.8 Å². The van der Waals surface area contributed by atoms with Gasteiger partial charge < -0.3 is 15.8 Å². The Bertz CT molecular complexity index is 619. The molecule has 0 atom stereocenters. The van der Waals surface area contributed by atoms with E-state index >= 15 is 0 Å². The number of anilines is 3. The van der Waals surface area contributed by atoms with E-state index in [0.29, 0.717) is 22.4 Å². The summed E-state index contributed by atoms with van der Waals surface area (Å²) in [6, 6.07) is 9.11. The minimum absolute atomic E-state index is 0.0183. The lowest BCUT2D eigenvalue weighted by Gasteiger charge is -2.13. The number of nitrogens with two attached hydrogens (primary N) is 1. The van der Waals surface area contributed by atoms with Gasteiger partial charge in [0.05, 0.1) is 16.8 Å². The first kappa shape index (κ1) is 14.9. The maximum atomic E-state index is 5.96. The van der Waals surface area contributed by atoms with E-state index in [-0.39, 0.29) is 6.10 Å². The van der Waals surface area contributed by atoms with Crippen molar-refractivity contribution in [2.24, 2.45) is 0 Å². The molecule has 106 valence electrons. The van der Waals surface area contributed by atoms with Crippen molar-refractivity contribution < 1.29 is 4.74 Å². The Labute approximate surface area is 131 Å². The summed E-state index contributed by atoms with van der Waals surface area (Å²) < 4.78 is 6.38. The van der Waals surface area contributed by atoms with E-state index in [1.165, 1.54) is 0 Å². The fourth-order valence-corrected chi connectivity index (χ4v) is 2.06. The molecule has 0 radical (unpaired) electrons. The molecule has 6 heteroatoms. The van der Waals surface area contributed by atoms with E-state index in [1.807, 2.05) is 26.0 Å². The highest BCUT2D eigenvalue weighted by Gasteiger charge is 2.07. The molecule has 0 saturated heterocycles. The lowest BCUT2D eigenvalue weighted by atomic mass is 10.3. The summed E-state index contributed by atoms with van der Waals surface area (Å²) in [5.41, 5.74) is 7.22. The van der Waals surface area contributed by atoms with Crippen LogP contribution in [-0.4, -0.2) is 11.1 Å². The van der Waals surface area contributed by atoms with Crippen molar-refractivity contribution in [1.29, 1.82) is 0 Å². The Kier molecular flexibility index (Phi) is 4.73. The zero-order valence-electron chi connectivity index (χ0n) is 11.2. The van der Waals surface area contributed by atoms with Gasteiger partial charge in [-0.1, -0.05) is 11.6 Å². The average molecular weight is 357 g/mol. The first-order chi connectivity index (χ1) is 9.45. The molecule has 1 aromatic heterocycles. The Morgan fingerprint density at radius 2 is 2.05 bits per heavy atom. The predicted molar refractivity (Wildman–Crippen MR) is 86.8 cm³/mol. The summed E-state index contributed by atoms with van der Waals surface area (Å²) in [4.78, 5) is 4.35. The highest BCUT2D eigenvalue weighted by Crippen LogP contribution is 2.28. The molecular formula is C14H15BrClN3O. The van der Waals surface area contributed by atoms with E-state index in [2.05, 4.69) is 26.2 Å². The Hall–Kier alpha value is -1.46. The molecule has 1 aromatic carbocycles. The Balaban J connectivity index is 2.22. The van der Waals surface area contributed by atoms with Crippen molar-refractivity contribution in [2.75, 3.05) is 11.1 Å². The number of nitrogens with one attached hydrogen (secondary N) is 1. The van der Waals surface area contributed by atoms with Gasteiger partial charge in [-0.05, 0) is 60.1 Å². The summed E-state index contributed by atoms with van der Waals surface area (Å²) in [5, 5.41) is 3.83. The van der Waals surface area contributed by atoms with Gasteiger partial charge in [0.1, 0.15) is 5.82 Å². The maximum Gasteiger partial charge on any atom is 0.239 e. The molecule has 0 unspecified atom stereocenters. The van der Waals surface area contributed by atoms with Gasteiger partial charge in [0.2, 0.25) is 5.88 Å². The number of nitrogens with zero attached hydrogens (tertiary/aromatic N) is 1. The van der Waals surface area contributed by atoms with Crippen molar-refractivity contribution in [2.45, 2.75) is 20.0 Å². The Morgan fingerprint density at radius 3 is 2.70 bits per heavy atom. The van der Waals surface area contributed by atoms with Crippen molar-refractivity contribution in [3.8, 4) is 5.88 Å². The summed E-state index contributed by atoms with van der Waals surface area (Å²) >= 11 is 9.34. The molecule has 0 bridgehead atoms. The van der Waals surface area contributed by atoms with E-state index in [1.54, 1.807) is 18.2 Å². The second-order valence-electron chi connectivity index (χ2n) is 4.51. The topological polar surface area (TPSA) is 60.2 Å². The number of pyridine rings is 1. The third-order valence-electron chi connectivity index (χ3n) is 2.43. The highest BCUT2D eigenvalue weighted by molar-refractivity contribution is 9.10. The lowest BCUT2D eigenvalue weighted by molar-refractivity contribution is 0.234. The lowest BCUT2D eigenvalue weighted by Crippen LogP contribution is -2.09. The SMILES string of the molecule is CC(C)Oc1nc(Nc2ccc(Cl)c(Br)c2)ccc1N. The maximum absolute atomic E-state index is 5.96. The van der Waals surface area contributed by atoms with Crippen molar-refractivity contribution in [3.63, 3.8) is 0 Å². The van der Waals surface area contributed by atoms with Gasteiger partial charge in [-0.25, -0.2) is 0 Å². The minimum atomic E-state index is 0.0183. The van der Waals surface area contributed by atoms with Crippen LogP contribution in [0.3, 0.4) is 0 Å². The zero-order chi connectivity index (χ0) is 14.7. The van der Waals surface area contributed by atoms with Crippen LogP contribution in [0.5, 0.6) is 5.88 Å². The second kappa shape index (κ2) is 6.33. The molecule has 0 aliphatic rings. The molecule has 2 rings (SSSR count). The molecule has 4 nitrogen and oxygen atoms in total. The molecule has 3 N–H and O–H groups in total. The summed E-state index contributed by atoms with van der Waals surface area (Å²) in [5.74, 6) is 1.09. The van der Waals surface area contributed by atoms with E-state index in [9.17, 15) is 0 Å². The minimum Gasteiger partial charge on any atom is -0.473 e. The van der Waals surface area contributed by atoms with Crippen LogP contribution >= 0.6 is 27.5 Å². The number of ether oxygens (including phenoxy) is 1. The van der Waals surface area contributed by atoms with Crippen molar-refractivity contribution in [1.82, 2.24) is 4.98 Å². The molecule has 2 aromatic rings. The third kappa shape index (κ3) is 3.77. The summed E-state index contributed by atoms with van der Waals surface area (Å²) in [7, 11) is 0. The molecule has 20 heavy (non-hydrogen) atoms. The van der Waals surface area contributed by atoms with Crippen LogP contribution in [0.4, 0.5) is 17.2 Å². The van der Waals surface area contributed by atoms with Gasteiger partial charge in [0.15, 0.2) is 0 Å². The van der Waals surface area contributed by atoms with Crippen LogP contribution in [0.15, 0.2) is 34.8 Å². The number of hydrogen-bond acceptors (Lipinski definition) is 4. The number of rotatable bonds is 4. The highest BCUT2D eigenvalue weighted by atomic mass is 79.9. The normalized spacial score (nSPS) is 10.7. The number of halogens is 2. The van der Waals surface area contributed by atoms with E-state index < -0.39 is 0 Å². The molecule has 0 saturated carbocycles. The third-order valence-corrected chi connectivity index (χ3v) is 3.64.